The topological polar surface area (TPSA) is 57.9 Å². The molecule has 0 bridgehead atoms. The van der Waals surface area contributed by atoms with E-state index in [0.717, 1.165) is 12.2 Å². The van der Waals surface area contributed by atoms with Crippen LogP contribution < -0.4 is 10.5 Å². The van der Waals surface area contributed by atoms with Crippen LogP contribution in [0.3, 0.4) is 0 Å². The third-order valence-corrected chi connectivity index (χ3v) is 6.35. The molecule has 1 saturated heterocycles. The van der Waals surface area contributed by atoms with Crippen LogP contribution in [0.5, 0.6) is 0 Å². The Morgan fingerprint density at radius 1 is 1.09 bits per heavy atom. The maximum Gasteiger partial charge on any atom is 0.265 e. The van der Waals surface area contributed by atoms with Crippen molar-refractivity contribution in [1.82, 2.24) is 14.3 Å². The molecule has 162 valence electrons. The number of aromatic nitrogens is 2. The van der Waals surface area contributed by atoms with Crippen molar-refractivity contribution in [2.45, 2.75) is 19.9 Å². The highest BCUT2D eigenvalue weighted by Crippen LogP contribution is 2.23. The lowest BCUT2D eigenvalue weighted by molar-refractivity contribution is 0.0727. The van der Waals surface area contributed by atoms with Gasteiger partial charge < -0.3 is 9.80 Å². The van der Waals surface area contributed by atoms with Crippen molar-refractivity contribution in [1.29, 1.82) is 0 Å². The Balaban J connectivity index is 1.48. The summed E-state index contributed by atoms with van der Waals surface area (Å²) in [6.07, 6.45) is 1.65. The summed E-state index contributed by atoms with van der Waals surface area (Å²) in [6.45, 7) is 6.14. The van der Waals surface area contributed by atoms with Gasteiger partial charge in [0.15, 0.2) is 5.65 Å². The normalized spacial score (nSPS) is 16.7. The summed E-state index contributed by atoms with van der Waals surface area (Å²) in [7, 11) is 0. The maximum atomic E-state index is 13.5. The van der Waals surface area contributed by atoms with Crippen LogP contribution in [0.2, 0.25) is 5.02 Å². The number of hydrogen-bond donors (Lipinski definition) is 0. The maximum absolute atomic E-state index is 13.5. The second-order valence-corrected chi connectivity index (χ2v) is 8.76. The van der Waals surface area contributed by atoms with Crippen LogP contribution in [0, 0.1) is 6.92 Å². The molecule has 0 N–H and O–H groups in total. The van der Waals surface area contributed by atoms with Crippen molar-refractivity contribution >= 4 is 39.7 Å². The van der Waals surface area contributed by atoms with Crippen LogP contribution in [0.15, 0.2) is 65.6 Å². The van der Waals surface area contributed by atoms with Crippen molar-refractivity contribution in [2.75, 3.05) is 24.5 Å². The monoisotopic (exact) mass is 446 g/mol. The minimum absolute atomic E-state index is 0.119. The van der Waals surface area contributed by atoms with Crippen LogP contribution in [-0.4, -0.2) is 45.9 Å². The SMILES string of the molecule is Cc1ccc(N2CCN(C(=O)c3cccn4c(=O)c5ccc(Cl)cc5nc34)C[C@H]2C)cc1. The van der Waals surface area contributed by atoms with Gasteiger partial charge in [-0.3, -0.25) is 14.0 Å². The van der Waals surface area contributed by atoms with E-state index in [9.17, 15) is 9.59 Å². The Bertz CT molecular complexity index is 1400. The Hall–Kier alpha value is -3.38. The summed E-state index contributed by atoms with van der Waals surface area (Å²) in [4.78, 5) is 35.3. The predicted molar refractivity (Wildman–Crippen MR) is 128 cm³/mol. The first-order valence-corrected chi connectivity index (χ1v) is 11.0. The van der Waals surface area contributed by atoms with Gasteiger partial charge in [-0.2, -0.15) is 0 Å². The van der Waals surface area contributed by atoms with Gasteiger partial charge in [-0.1, -0.05) is 29.3 Å². The molecule has 32 heavy (non-hydrogen) atoms. The molecular weight excluding hydrogens is 424 g/mol. The van der Waals surface area contributed by atoms with E-state index in [1.165, 1.54) is 9.96 Å². The number of benzene rings is 2. The predicted octanol–water partition coefficient (Wildman–Crippen LogP) is 4.16. The number of pyridine rings is 1. The molecule has 0 aliphatic carbocycles. The number of aryl methyl sites for hydroxylation is 1. The lowest BCUT2D eigenvalue weighted by atomic mass is 10.1. The number of halogens is 1. The molecule has 0 saturated carbocycles. The standard InChI is InChI=1S/C25H23ClN4O2/c1-16-5-8-19(9-6-16)29-13-12-28(15-17(29)2)24(31)21-4-3-11-30-23(21)27-22-14-18(26)7-10-20(22)25(30)32/h3-11,14,17H,12-13,15H2,1-2H3/t17-/m1/s1. The fourth-order valence-corrected chi connectivity index (χ4v) is 4.57. The Labute approximate surface area is 190 Å². The van der Waals surface area contributed by atoms with E-state index >= 15 is 0 Å². The van der Waals surface area contributed by atoms with E-state index < -0.39 is 0 Å². The smallest absolute Gasteiger partial charge is 0.265 e. The average molecular weight is 447 g/mol. The van der Waals surface area contributed by atoms with Crippen LogP contribution in [0.1, 0.15) is 22.8 Å². The van der Waals surface area contributed by atoms with Crippen molar-refractivity contribution in [2.24, 2.45) is 0 Å². The molecule has 1 atom stereocenters. The van der Waals surface area contributed by atoms with E-state index in [2.05, 4.69) is 48.0 Å². The van der Waals surface area contributed by atoms with E-state index in [4.69, 9.17) is 11.6 Å². The molecule has 0 unspecified atom stereocenters. The molecule has 2 aromatic carbocycles. The first-order valence-electron chi connectivity index (χ1n) is 10.7. The third kappa shape index (κ3) is 3.50. The van der Waals surface area contributed by atoms with Crippen LogP contribution in [0.25, 0.3) is 16.6 Å². The zero-order valence-electron chi connectivity index (χ0n) is 18.0. The second-order valence-electron chi connectivity index (χ2n) is 8.32. The van der Waals surface area contributed by atoms with E-state index in [-0.39, 0.29) is 17.5 Å². The van der Waals surface area contributed by atoms with Crippen LogP contribution >= 0.6 is 11.6 Å². The first kappa shape index (κ1) is 20.5. The van der Waals surface area contributed by atoms with Gasteiger partial charge in [0.05, 0.1) is 16.5 Å². The summed E-state index contributed by atoms with van der Waals surface area (Å²) in [6, 6.07) is 17.1. The summed E-state index contributed by atoms with van der Waals surface area (Å²) >= 11 is 6.11. The zero-order chi connectivity index (χ0) is 22.4. The van der Waals surface area contributed by atoms with Crippen molar-refractivity contribution < 1.29 is 4.79 Å². The number of anilines is 1. The summed E-state index contributed by atoms with van der Waals surface area (Å²) < 4.78 is 1.44. The van der Waals surface area contributed by atoms with Crippen LogP contribution in [0.4, 0.5) is 5.69 Å². The molecule has 1 aliphatic rings. The number of carbonyl (C=O) groups excluding carboxylic acids is 1. The lowest BCUT2D eigenvalue weighted by Gasteiger charge is -2.41. The average Bonchev–Trinajstić information content (AvgIpc) is 2.79. The Morgan fingerprint density at radius 2 is 1.88 bits per heavy atom. The Kier molecular flexibility index (Phi) is 5.10. The molecule has 2 aromatic heterocycles. The van der Waals surface area contributed by atoms with Gasteiger partial charge in [-0.15, -0.1) is 0 Å². The molecule has 1 aliphatic heterocycles. The number of hydrogen-bond acceptors (Lipinski definition) is 4. The number of rotatable bonds is 2. The molecule has 1 amide bonds. The molecular formula is C25H23ClN4O2. The highest BCUT2D eigenvalue weighted by atomic mass is 35.5. The fourth-order valence-electron chi connectivity index (χ4n) is 4.40. The number of amides is 1. The first-order chi connectivity index (χ1) is 15.4. The van der Waals surface area contributed by atoms with Gasteiger partial charge in [0, 0.05) is 42.6 Å². The largest absolute Gasteiger partial charge is 0.365 e. The second kappa shape index (κ2) is 7.95. The lowest BCUT2D eigenvalue weighted by Crippen LogP contribution is -2.53. The van der Waals surface area contributed by atoms with E-state index in [1.807, 2.05) is 4.90 Å². The highest BCUT2D eigenvalue weighted by Gasteiger charge is 2.29. The molecule has 0 radical (unpaired) electrons. The molecule has 0 spiro atoms. The summed E-state index contributed by atoms with van der Waals surface area (Å²) in [5.74, 6) is -0.119. The van der Waals surface area contributed by atoms with Crippen molar-refractivity contribution in [3.63, 3.8) is 0 Å². The van der Waals surface area contributed by atoms with E-state index in [1.54, 1.807) is 36.5 Å². The number of fused-ring (bicyclic) bond motifs is 2. The molecule has 4 aromatic rings. The molecule has 5 rings (SSSR count). The van der Waals surface area contributed by atoms with Crippen molar-refractivity contribution in [3.8, 4) is 0 Å². The highest BCUT2D eigenvalue weighted by molar-refractivity contribution is 6.31. The molecule has 7 heteroatoms. The van der Waals surface area contributed by atoms with Gasteiger partial charge in [-0.05, 0) is 56.3 Å². The fraction of sp³-hybridized carbons (Fsp3) is 0.240. The Morgan fingerprint density at radius 3 is 2.62 bits per heavy atom. The third-order valence-electron chi connectivity index (χ3n) is 6.11. The van der Waals surface area contributed by atoms with E-state index in [0.29, 0.717) is 40.2 Å². The van der Waals surface area contributed by atoms with Gasteiger partial charge in [0.25, 0.3) is 11.5 Å². The molecule has 3 heterocycles. The van der Waals surface area contributed by atoms with Gasteiger partial charge in [-0.25, -0.2) is 4.98 Å². The number of piperazine rings is 1. The molecule has 1 fully saturated rings. The zero-order valence-corrected chi connectivity index (χ0v) is 18.7. The van der Waals surface area contributed by atoms with Gasteiger partial charge in [0.1, 0.15) is 0 Å². The van der Waals surface area contributed by atoms with Gasteiger partial charge in [0.2, 0.25) is 0 Å². The van der Waals surface area contributed by atoms with Crippen LogP contribution in [-0.2, 0) is 0 Å². The summed E-state index contributed by atoms with van der Waals surface area (Å²) in [5.41, 5.74) is 3.43. The summed E-state index contributed by atoms with van der Waals surface area (Å²) in [5, 5.41) is 0.968. The minimum atomic E-state index is -0.214. The number of carbonyl (C=O) groups is 1. The quantitative estimate of drug-likeness (QED) is 0.434. The van der Waals surface area contributed by atoms with Crippen molar-refractivity contribution in [3.05, 3.63) is 87.3 Å². The van der Waals surface area contributed by atoms with Gasteiger partial charge >= 0.3 is 0 Å². The molecule has 6 nitrogen and oxygen atoms in total. The minimum Gasteiger partial charge on any atom is -0.365 e. The number of nitrogens with zero attached hydrogens (tertiary/aromatic N) is 4.